The second-order valence-electron chi connectivity index (χ2n) is 6.13. The number of nitrogens with one attached hydrogen (secondary N) is 1. The Morgan fingerprint density at radius 3 is 2.35 bits per heavy atom. The summed E-state index contributed by atoms with van der Waals surface area (Å²) in [6.07, 6.45) is 0.647. The Morgan fingerprint density at radius 2 is 1.81 bits per heavy atom. The number of carboxylic acids is 1. The lowest BCUT2D eigenvalue weighted by atomic mass is 9.96. The third kappa shape index (κ3) is 7.87. The standard InChI is InChI=1S/C19H26ClNO5/c1-3-5-16(22)17(6-4-2)26-19(25)21-12-14(11-18(23)24)13-7-9-15(20)10-8-13/h7-10,14,17H,3-6,11-12H2,1-2H3,(H,21,25)(H,23,24)/t14-,17-/m0/s1. The van der Waals surface area contributed by atoms with Crippen molar-refractivity contribution in [2.45, 2.75) is 58.0 Å². The summed E-state index contributed by atoms with van der Waals surface area (Å²) in [5.74, 6) is -1.49. The zero-order chi connectivity index (χ0) is 19.5. The van der Waals surface area contributed by atoms with Crippen LogP contribution in [0.4, 0.5) is 4.79 Å². The predicted octanol–water partition coefficient (Wildman–Crippen LogP) is 4.16. The zero-order valence-electron chi connectivity index (χ0n) is 15.2. The van der Waals surface area contributed by atoms with Gasteiger partial charge in [0.15, 0.2) is 11.9 Å². The number of carbonyl (C=O) groups excluding carboxylic acids is 2. The van der Waals surface area contributed by atoms with E-state index in [0.29, 0.717) is 24.3 Å². The van der Waals surface area contributed by atoms with Gasteiger partial charge in [-0.3, -0.25) is 9.59 Å². The van der Waals surface area contributed by atoms with E-state index >= 15 is 0 Å². The number of hydrogen-bond donors (Lipinski definition) is 2. The van der Waals surface area contributed by atoms with Crippen LogP contribution in [0.25, 0.3) is 0 Å². The van der Waals surface area contributed by atoms with Crippen LogP contribution in [-0.2, 0) is 14.3 Å². The SMILES string of the molecule is CCCC(=O)[C@H](CCC)OC(=O)NC[C@H](CC(=O)O)c1ccc(Cl)cc1. The van der Waals surface area contributed by atoms with Crippen molar-refractivity contribution in [2.75, 3.05) is 6.54 Å². The fourth-order valence-corrected chi connectivity index (χ4v) is 2.71. The van der Waals surface area contributed by atoms with E-state index in [-0.39, 0.29) is 18.7 Å². The van der Waals surface area contributed by atoms with E-state index in [0.717, 1.165) is 12.0 Å². The largest absolute Gasteiger partial charge is 0.481 e. The van der Waals surface area contributed by atoms with Crippen LogP contribution < -0.4 is 5.32 Å². The van der Waals surface area contributed by atoms with Gasteiger partial charge in [0, 0.05) is 23.9 Å². The molecule has 0 saturated carbocycles. The molecule has 1 rings (SSSR count). The average molecular weight is 384 g/mol. The number of benzene rings is 1. The van der Waals surface area contributed by atoms with Gasteiger partial charge in [0.1, 0.15) is 0 Å². The summed E-state index contributed by atoms with van der Waals surface area (Å²) in [6.45, 7) is 3.90. The lowest BCUT2D eigenvalue weighted by Crippen LogP contribution is -2.35. The average Bonchev–Trinajstić information content (AvgIpc) is 2.59. The molecule has 6 nitrogen and oxygen atoms in total. The van der Waals surface area contributed by atoms with Crippen LogP contribution in [0.5, 0.6) is 0 Å². The molecule has 0 fully saturated rings. The number of Topliss-reactive ketones (excluding diaryl/α,β-unsaturated/α-hetero) is 1. The van der Waals surface area contributed by atoms with Crippen molar-refractivity contribution in [3.8, 4) is 0 Å². The second kappa shape index (κ2) is 11.5. The minimum Gasteiger partial charge on any atom is -0.481 e. The van der Waals surface area contributed by atoms with Gasteiger partial charge in [0.25, 0.3) is 0 Å². The van der Waals surface area contributed by atoms with Gasteiger partial charge in [-0.2, -0.15) is 0 Å². The number of carboxylic acid groups (broad SMARTS) is 1. The smallest absolute Gasteiger partial charge is 0.407 e. The normalized spacial score (nSPS) is 12.9. The summed E-state index contributed by atoms with van der Waals surface area (Å²) >= 11 is 5.85. The first kappa shape index (κ1) is 22.0. The number of carbonyl (C=O) groups is 3. The summed E-state index contributed by atoms with van der Waals surface area (Å²) < 4.78 is 5.25. The van der Waals surface area contributed by atoms with Gasteiger partial charge >= 0.3 is 12.1 Å². The maximum absolute atomic E-state index is 12.1. The van der Waals surface area contributed by atoms with Gasteiger partial charge in [-0.15, -0.1) is 0 Å². The van der Waals surface area contributed by atoms with Gasteiger partial charge in [-0.25, -0.2) is 4.79 Å². The van der Waals surface area contributed by atoms with Crippen molar-refractivity contribution in [3.05, 3.63) is 34.9 Å². The molecule has 2 atom stereocenters. The number of hydrogen-bond acceptors (Lipinski definition) is 4. The van der Waals surface area contributed by atoms with E-state index in [2.05, 4.69) is 5.32 Å². The molecular formula is C19H26ClNO5. The number of aliphatic carboxylic acids is 1. The molecule has 0 heterocycles. The van der Waals surface area contributed by atoms with Crippen LogP contribution in [0.2, 0.25) is 5.02 Å². The molecule has 0 bridgehead atoms. The number of ketones is 1. The van der Waals surface area contributed by atoms with Crippen LogP contribution in [0.1, 0.15) is 57.4 Å². The first-order valence-corrected chi connectivity index (χ1v) is 9.19. The monoisotopic (exact) mass is 383 g/mol. The third-order valence-corrected chi connectivity index (χ3v) is 4.16. The topological polar surface area (TPSA) is 92.7 Å². The Labute approximate surface area is 158 Å². The molecule has 144 valence electrons. The lowest BCUT2D eigenvalue weighted by Gasteiger charge is -2.19. The van der Waals surface area contributed by atoms with Gasteiger partial charge in [-0.05, 0) is 30.5 Å². The minimum atomic E-state index is -0.970. The highest BCUT2D eigenvalue weighted by molar-refractivity contribution is 6.30. The van der Waals surface area contributed by atoms with Crippen molar-refractivity contribution in [1.82, 2.24) is 5.32 Å². The van der Waals surface area contributed by atoms with Crippen LogP contribution in [-0.4, -0.2) is 35.6 Å². The molecule has 0 spiro atoms. The van der Waals surface area contributed by atoms with Gasteiger partial charge < -0.3 is 15.2 Å². The maximum Gasteiger partial charge on any atom is 0.407 e. The summed E-state index contributed by atoms with van der Waals surface area (Å²) in [7, 11) is 0. The highest BCUT2D eigenvalue weighted by Gasteiger charge is 2.22. The van der Waals surface area contributed by atoms with E-state index in [1.165, 1.54) is 0 Å². The van der Waals surface area contributed by atoms with Crippen LogP contribution >= 0.6 is 11.6 Å². The molecule has 26 heavy (non-hydrogen) atoms. The van der Waals surface area contributed by atoms with Crippen LogP contribution in [0.3, 0.4) is 0 Å². The Kier molecular flexibility index (Phi) is 9.73. The maximum atomic E-state index is 12.1. The van der Waals surface area contributed by atoms with Crippen molar-refractivity contribution in [1.29, 1.82) is 0 Å². The van der Waals surface area contributed by atoms with Gasteiger partial charge in [0.2, 0.25) is 0 Å². The third-order valence-electron chi connectivity index (χ3n) is 3.91. The Hall–Kier alpha value is -2.08. The molecule has 1 aromatic rings. The number of amides is 1. The molecule has 0 saturated heterocycles. The molecule has 0 unspecified atom stereocenters. The first-order chi connectivity index (χ1) is 12.4. The number of alkyl carbamates (subject to hydrolysis) is 1. The van der Waals surface area contributed by atoms with E-state index in [4.69, 9.17) is 21.4 Å². The van der Waals surface area contributed by atoms with Crippen molar-refractivity contribution in [3.63, 3.8) is 0 Å². The highest BCUT2D eigenvalue weighted by atomic mass is 35.5. The van der Waals surface area contributed by atoms with Crippen molar-refractivity contribution >= 4 is 29.4 Å². The Bertz CT molecular complexity index is 602. The van der Waals surface area contributed by atoms with E-state index in [9.17, 15) is 14.4 Å². The Morgan fingerprint density at radius 1 is 1.15 bits per heavy atom. The molecular weight excluding hydrogens is 358 g/mol. The van der Waals surface area contributed by atoms with Gasteiger partial charge in [-0.1, -0.05) is 44.0 Å². The molecule has 0 aliphatic heterocycles. The second-order valence-corrected chi connectivity index (χ2v) is 6.56. The molecule has 0 aliphatic rings. The summed E-state index contributed by atoms with van der Waals surface area (Å²) in [5, 5.41) is 12.2. The molecule has 1 aromatic carbocycles. The quantitative estimate of drug-likeness (QED) is 0.598. The van der Waals surface area contributed by atoms with Crippen LogP contribution in [0.15, 0.2) is 24.3 Å². The fraction of sp³-hybridized carbons (Fsp3) is 0.526. The molecule has 0 radical (unpaired) electrons. The number of rotatable bonds is 11. The lowest BCUT2D eigenvalue weighted by molar-refractivity contribution is -0.137. The van der Waals surface area contributed by atoms with Crippen molar-refractivity contribution < 1.29 is 24.2 Å². The summed E-state index contributed by atoms with van der Waals surface area (Å²) in [5.41, 5.74) is 0.754. The molecule has 0 aliphatic carbocycles. The fourth-order valence-electron chi connectivity index (χ4n) is 2.59. The zero-order valence-corrected chi connectivity index (χ0v) is 15.9. The number of ether oxygens (including phenoxy) is 1. The predicted molar refractivity (Wildman–Crippen MR) is 99.5 cm³/mol. The highest BCUT2D eigenvalue weighted by Crippen LogP contribution is 2.21. The molecule has 2 N–H and O–H groups in total. The van der Waals surface area contributed by atoms with E-state index in [1.54, 1.807) is 24.3 Å². The van der Waals surface area contributed by atoms with Gasteiger partial charge in [0.05, 0.1) is 6.42 Å². The van der Waals surface area contributed by atoms with E-state index in [1.807, 2.05) is 13.8 Å². The molecule has 1 amide bonds. The number of halogens is 1. The Balaban J connectivity index is 2.68. The summed E-state index contributed by atoms with van der Waals surface area (Å²) in [6, 6.07) is 6.80. The molecule has 0 aromatic heterocycles. The first-order valence-electron chi connectivity index (χ1n) is 8.81. The van der Waals surface area contributed by atoms with Crippen molar-refractivity contribution in [2.24, 2.45) is 0 Å². The summed E-state index contributed by atoms with van der Waals surface area (Å²) in [4.78, 5) is 35.2. The van der Waals surface area contributed by atoms with E-state index < -0.39 is 24.1 Å². The molecule has 7 heteroatoms. The van der Waals surface area contributed by atoms with Crippen LogP contribution in [0, 0.1) is 0 Å². The minimum absolute atomic E-state index is 0.0909.